The van der Waals surface area contributed by atoms with Gasteiger partial charge in [-0.2, -0.15) is 0 Å². The number of nitrogens with zero attached hydrogens (tertiary/aromatic N) is 2. The zero-order valence-electron chi connectivity index (χ0n) is 23.6. The van der Waals surface area contributed by atoms with Gasteiger partial charge in [-0.05, 0) is 57.4 Å². The van der Waals surface area contributed by atoms with Gasteiger partial charge in [0.2, 0.25) is 0 Å². The molecule has 0 radical (unpaired) electrons. The fourth-order valence-electron chi connectivity index (χ4n) is 7.02. The Kier molecular flexibility index (Phi) is 4.39. The van der Waals surface area contributed by atoms with E-state index in [0.717, 1.165) is 5.46 Å². The van der Waals surface area contributed by atoms with Gasteiger partial charge in [-0.1, -0.05) is 78.9 Å². The highest BCUT2D eigenvalue weighted by Gasteiger charge is 2.51. The Morgan fingerprint density at radius 1 is 0.463 bits per heavy atom. The topological polar surface area (TPSA) is 27.3 Å². The summed E-state index contributed by atoms with van der Waals surface area (Å²) in [4.78, 5) is 0. The predicted octanol–water partition coefficient (Wildman–Crippen LogP) is 8.26. The van der Waals surface area contributed by atoms with Crippen LogP contribution in [-0.2, 0) is 9.31 Å². The molecule has 1 aliphatic rings. The van der Waals surface area contributed by atoms with Crippen LogP contribution >= 0.6 is 0 Å². The number of benzene rings is 5. The normalized spacial score (nSPS) is 16.9. The Balaban J connectivity index is 1.59. The molecule has 1 aliphatic heterocycles. The third-order valence-electron chi connectivity index (χ3n) is 9.67. The first-order valence-electron chi connectivity index (χ1n) is 14.4. The molecule has 0 atom stereocenters. The second-order valence-electron chi connectivity index (χ2n) is 12.4. The van der Waals surface area contributed by atoms with E-state index in [4.69, 9.17) is 9.31 Å². The Morgan fingerprint density at radius 3 is 1.41 bits per heavy atom. The Hall–Kier alpha value is -4.32. The number of hydrogen-bond acceptors (Lipinski definition) is 2. The lowest BCUT2D eigenvalue weighted by molar-refractivity contribution is 0.00578. The van der Waals surface area contributed by atoms with Crippen molar-refractivity contribution in [1.82, 2.24) is 8.80 Å². The Bertz CT molecular complexity index is 2380. The van der Waals surface area contributed by atoms with Crippen molar-refractivity contribution in [2.45, 2.75) is 38.9 Å². The number of aromatic nitrogens is 2. The molecule has 198 valence electrons. The highest BCUT2D eigenvalue weighted by atomic mass is 16.7. The average molecular weight is 532 g/mol. The van der Waals surface area contributed by atoms with Crippen LogP contribution in [0.2, 0.25) is 0 Å². The summed E-state index contributed by atoms with van der Waals surface area (Å²) in [7, 11) is -0.452. The van der Waals surface area contributed by atoms with E-state index in [1.54, 1.807) is 0 Å². The summed E-state index contributed by atoms with van der Waals surface area (Å²) < 4.78 is 18.1. The highest BCUT2D eigenvalue weighted by Crippen LogP contribution is 2.41. The molecule has 0 bridgehead atoms. The number of para-hydroxylation sites is 4. The summed E-state index contributed by atoms with van der Waals surface area (Å²) in [6.07, 6.45) is 0. The van der Waals surface area contributed by atoms with Crippen LogP contribution in [-0.4, -0.2) is 27.1 Å². The van der Waals surface area contributed by atoms with Crippen molar-refractivity contribution in [3.05, 3.63) is 103 Å². The van der Waals surface area contributed by atoms with Crippen molar-refractivity contribution in [3.63, 3.8) is 0 Å². The molecule has 8 aromatic rings. The molecule has 4 heterocycles. The molecule has 0 saturated carbocycles. The largest absolute Gasteiger partial charge is 0.494 e. The van der Waals surface area contributed by atoms with E-state index in [1.807, 2.05) is 0 Å². The van der Waals surface area contributed by atoms with Crippen molar-refractivity contribution < 1.29 is 9.31 Å². The lowest BCUT2D eigenvalue weighted by Gasteiger charge is -2.32. The van der Waals surface area contributed by atoms with Crippen LogP contribution in [0.5, 0.6) is 0 Å². The quantitative estimate of drug-likeness (QED) is 0.199. The van der Waals surface area contributed by atoms with Crippen LogP contribution < -0.4 is 5.46 Å². The summed E-state index contributed by atoms with van der Waals surface area (Å²) in [5.41, 5.74) is 7.41. The third-order valence-corrected chi connectivity index (χ3v) is 9.67. The van der Waals surface area contributed by atoms with E-state index < -0.39 is 18.3 Å². The van der Waals surface area contributed by atoms with Crippen molar-refractivity contribution in [2.24, 2.45) is 0 Å². The Morgan fingerprint density at radius 2 is 0.878 bits per heavy atom. The van der Waals surface area contributed by atoms with Crippen molar-refractivity contribution >= 4 is 78.0 Å². The van der Waals surface area contributed by atoms with Gasteiger partial charge in [0.25, 0.3) is 0 Å². The lowest BCUT2D eigenvalue weighted by Crippen LogP contribution is -2.41. The number of rotatable bonds is 1. The summed E-state index contributed by atoms with van der Waals surface area (Å²) in [6.45, 7) is 8.47. The molecule has 4 nitrogen and oxygen atoms in total. The van der Waals surface area contributed by atoms with E-state index >= 15 is 0 Å². The van der Waals surface area contributed by atoms with E-state index in [-0.39, 0.29) is 0 Å². The molecule has 0 aliphatic carbocycles. The van der Waals surface area contributed by atoms with Gasteiger partial charge in [0.15, 0.2) is 0 Å². The minimum atomic E-state index is -0.452. The van der Waals surface area contributed by atoms with Crippen molar-refractivity contribution in [2.75, 3.05) is 0 Å². The van der Waals surface area contributed by atoms with Crippen LogP contribution in [0.4, 0.5) is 0 Å². The van der Waals surface area contributed by atoms with Gasteiger partial charge in [0.1, 0.15) is 0 Å². The van der Waals surface area contributed by atoms with Crippen molar-refractivity contribution in [3.8, 4) is 0 Å². The number of hydrogen-bond donors (Lipinski definition) is 0. The summed E-state index contributed by atoms with van der Waals surface area (Å²) in [6, 6.07) is 37.6. The summed E-state index contributed by atoms with van der Waals surface area (Å²) in [5.74, 6) is 0. The molecule has 0 spiro atoms. The molecular formula is C36H29BN2O2. The minimum absolute atomic E-state index is 0.418. The highest BCUT2D eigenvalue weighted by molar-refractivity contribution is 6.63. The van der Waals surface area contributed by atoms with Gasteiger partial charge in [-0.25, -0.2) is 0 Å². The molecule has 1 fully saturated rings. The molecule has 5 heteroatoms. The summed E-state index contributed by atoms with van der Waals surface area (Å²) >= 11 is 0. The van der Waals surface area contributed by atoms with Gasteiger partial charge in [0, 0.05) is 32.3 Å². The smallest absolute Gasteiger partial charge is 0.399 e. The first kappa shape index (κ1) is 23.4. The molecular weight excluding hydrogens is 503 g/mol. The van der Waals surface area contributed by atoms with Gasteiger partial charge in [-0.3, -0.25) is 0 Å². The molecule has 0 unspecified atom stereocenters. The third kappa shape index (κ3) is 2.92. The van der Waals surface area contributed by atoms with Gasteiger partial charge in [-0.15, -0.1) is 0 Å². The van der Waals surface area contributed by atoms with E-state index in [9.17, 15) is 0 Å². The van der Waals surface area contributed by atoms with Crippen LogP contribution in [0.25, 0.3) is 65.4 Å². The zero-order valence-corrected chi connectivity index (χ0v) is 23.6. The fourth-order valence-corrected chi connectivity index (χ4v) is 7.02. The average Bonchev–Trinajstić information content (AvgIpc) is 3.56. The Labute approximate surface area is 237 Å². The van der Waals surface area contributed by atoms with E-state index in [0.29, 0.717) is 0 Å². The molecule has 0 amide bonds. The first-order chi connectivity index (χ1) is 19.8. The molecule has 41 heavy (non-hydrogen) atoms. The van der Waals surface area contributed by atoms with Gasteiger partial charge in [0.05, 0.1) is 44.3 Å². The van der Waals surface area contributed by atoms with Crippen LogP contribution in [0.15, 0.2) is 103 Å². The second-order valence-corrected chi connectivity index (χ2v) is 12.4. The lowest BCUT2D eigenvalue weighted by atomic mass is 9.77. The van der Waals surface area contributed by atoms with Gasteiger partial charge < -0.3 is 18.1 Å². The molecule has 3 aromatic heterocycles. The summed E-state index contributed by atoms with van der Waals surface area (Å²) in [5, 5.41) is 7.32. The van der Waals surface area contributed by atoms with Crippen LogP contribution in [0.1, 0.15) is 27.7 Å². The molecule has 9 rings (SSSR count). The van der Waals surface area contributed by atoms with E-state index in [1.165, 1.54) is 65.4 Å². The zero-order chi connectivity index (χ0) is 27.7. The minimum Gasteiger partial charge on any atom is -0.399 e. The maximum absolute atomic E-state index is 6.59. The maximum atomic E-state index is 6.59. The standard InChI is InChI=1S/C36H29BN2O2/c1-35(2)36(3,4)41-37(40-35)22-20-27-24-13-6-9-17-30(24)38-29-16-8-5-12-23(29)26-15-11-19-32(34(26)38)39-31-18-10-7-14-25(31)28(21-22)33(27)39/h5-21H,1-4H3. The van der Waals surface area contributed by atoms with Crippen LogP contribution in [0, 0.1) is 0 Å². The maximum Gasteiger partial charge on any atom is 0.494 e. The van der Waals surface area contributed by atoms with E-state index in [2.05, 4.69) is 140 Å². The second kappa shape index (κ2) is 7.70. The molecule has 5 aromatic carbocycles. The van der Waals surface area contributed by atoms with Gasteiger partial charge >= 0.3 is 7.12 Å². The molecule has 0 N–H and O–H groups in total. The first-order valence-corrected chi connectivity index (χ1v) is 14.4. The van der Waals surface area contributed by atoms with Crippen molar-refractivity contribution in [1.29, 1.82) is 0 Å². The molecule has 1 saturated heterocycles. The SMILES string of the molecule is CC1(C)OB(c2cc3c4ccccc4n4c5cccc6c7ccccc7n(c7ccccc7c(c2)c34)c65)OC1(C)C. The fraction of sp³-hybridized carbons (Fsp3) is 0.167. The van der Waals surface area contributed by atoms with Crippen LogP contribution in [0.3, 0.4) is 0 Å². The number of fused-ring (bicyclic) bond motifs is 10. The predicted molar refractivity (Wildman–Crippen MR) is 172 cm³/mol. The monoisotopic (exact) mass is 532 g/mol.